The van der Waals surface area contributed by atoms with Crippen LogP contribution in [-0.4, -0.2) is 59.6 Å². The lowest BCUT2D eigenvalue weighted by Crippen LogP contribution is -2.54. The summed E-state index contributed by atoms with van der Waals surface area (Å²) in [7, 11) is 0. The summed E-state index contributed by atoms with van der Waals surface area (Å²) < 4.78 is 0. The smallest absolute Gasteiger partial charge is 0.0266 e. The molecule has 0 aromatic heterocycles. The standard InChI is InChI=1S/C17H31N3/c1-2-8-20(15-11-13-5-6-14(12-15)18-13)17-7-10-19-9-3-4-16(17)19/h13-18H,2-12H2,1H3. The third-order valence-electron chi connectivity index (χ3n) is 6.40. The van der Waals surface area contributed by atoms with Crippen LogP contribution < -0.4 is 5.32 Å². The summed E-state index contributed by atoms with van der Waals surface area (Å²) in [6.45, 7) is 6.44. The lowest BCUT2D eigenvalue weighted by atomic mass is 9.94. The summed E-state index contributed by atoms with van der Waals surface area (Å²) in [5.74, 6) is 0. The molecule has 4 atom stereocenters. The third kappa shape index (κ3) is 2.32. The van der Waals surface area contributed by atoms with E-state index in [0.29, 0.717) is 0 Å². The van der Waals surface area contributed by atoms with Crippen LogP contribution in [0.4, 0.5) is 0 Å². The number of nitrogens with one attached hydrogen (secondary N) is 1. The second kappa shape index (κ2) is 5.58. The van der Waals surface area contributed by atoms with Crippen LogP contribution in [0.3, 0.4) is 0 Å². The number of fused-ring (bicyclic) bond motifs is 3. The van der Waals surface area contributed by atoms with Crippen molar-refractivity contribution in [1.29, 1.82) is 0 Å². The summed E-state index contributed by atoms with van der Waals surface area (Å²) in [6, 6.07) is 4.31. The fraction of sp³-hybridized carbons (Fsp3) is 1.00. The quantitative estimate of drug-likeness (QED) is 0.850. The Morgan fingerprint density at radius 2 is 1.85 bits per heavy atom. The average Bonchev–Trinajstić information content (AvgIpc) is 3.12. The molecule has 4 unspecified atom stereocenters. The van der Waals surface area contributed by atoms with E-state index in [4.69, 9.17) is 0 Å². The lowest BCUT2D eigenvalue weighted by molar-refractivity contribution is 0.0774. The van der Waals surface area contributed by atoms with E-state index in [9.17, 15) is 0 Å². The zero-order valence-corrected chi connectivity index (χ0v) is 13.1. The Balaban J connectivity index is 1.49. The van der Waals surface area contributed by atoms with Crippen LogP contribution in [0.15, 0.2) is 0 Å². The molecule has 0 aromatic carbocycles. The molecule has 114 valence electrons. The minimum absolute atomic E-state index is 0.833. The first-order valence-corrected chi connectivity index (χ1v) is 9.11. The predicted octanol–water partition coefficient (Wildman–Crippen LogP) is 2.22. The number of piperidine rings is 1. The second-order valence-corrected chi connectivity index (χ2v) is 7.60. The normalized spacial score (nSPS) is 44.4. The van der Waals surface area contributed by atoms with Gasteiger partial charge in [0.05, 0.1) is 0 Å². The summed E-state index contributed by atoms with van der Waals surface area (Å²) in [5, 5.41) is 3.82. The highest BCUT2D eigenvalue weighted by atomic mass is 15.3. The minimum Gasteiger partial charge on any atom is -0.311 e. The summed E-state index contributed by atoms with van der Waals surface area (Å²) >= 11 is 0. The van der Waals surface area contributed by atoms with Gasteiger partial charge in [0.2, 0.25) is 0 Å². The maximum atomic E-state index is 3.82. The maximum Gasteiger partial charge on any atom is 0.0266 e. The Labute approximate surface area is 124 Å². The van der Waals surface area contributed by atoms with Crippen molar-refractivity contribution in [3.8, 4) is 0 Å². The first-order chi connectivity index (χ1) is 9.85. The van der Waals surface area contributed by atoms with Gasteiger partial charge in [-0.2, -0.15) is 0 Å². The van der Waals surface area contributed by atoms with Crippen molar-refractivity contribution in [1.82, 2.24) is 15.1 Å². The first kappa shape index (κ1) is 13.5. The molecule has 4 aliphatic heterocycles. The number of nitrogens with zero attached hydrogens (tertiary/aromatic N) is 2. The Morgan fingerprint density at radius 3 is 2.60 bits per heavy atom. The number of hydrogen-bond donors (Lipinski definition) is 1. The van der Waals surface area contributed by atoms with Gasteiger partial charge in [-0.05, 0) is 64.5 Å². The highest BCUT2D eigenvalue weighted by Gasteiger charge is 2.44. The topological polar surface area (TPSA) is 18.5 Å². The Bertz CT molecular complexity index is 333. The minimum atomic E-state index is 0.833. The van der Waals surface area contributed by atoms with Crippen LogP contribution in [0.5, 0.6) is 0 Å². The summed E-state index contributed by atoms with van der Waals surface area (Å²) in [6.07, 6.45) is 11.4. The molecule has 4 aliphatic rings. The van der Waals surface area contributed by atoms with Crippen LogP contribution in [0.2, 0.25) is 0 Å². The van der Waals surface area contributed by atoms with Crippen molar-refractivity contribution in [2.24, 2.45) is 0 Å². The van der Waals surface area contributed by atoms with Crippen molar-refractivity contribution < 1.29 is 0 Å². The van der Waals surface area contributed by atoms with Crippen LogP contribution in [0.25, 0.3) is 0 Å². The monoisotopic (exact) mass is 277 g/mol. The Hall–Kier alpha value is -0.120. The molecule has 3 heteroatoms. The third-order valence-corrected chi connectivity index (χ3v) is 6.40. The maximum absolute atomic E-state index is 3.82. The molecule has 0 amide bonds. The highest BCUT2D eigenvalue weighted by molar-refractivity contribution is 5.02. The van der Waals surface area contributed by atoms with E-state index >= 15 is 0 Å². The van der Waals surface area contributed by atoms with Crippen molar-refractivity contribution in [3.63, 3.8) is 0 Å². The van der Waals surface area contributed by atoms with Crippen molar-refractivity contribution in [2.45, 2.75) is 88.5 Å². The summed E-state index contributed by atoms with van der Waals surface area (Å²) in [5.41, 5.74) is 0. The molecule has 4 fully saturated rings. The molecule has 0 saturated carbocycles. The van der Waals surface area contributed by atoms with Gasteiger partial charge in [0.15, 0.2) is 0 Å². The molecule has 4 saturated heterocycles. The molecule has 4 heterocycles. The van der Waals surface area contributed by atoms with E-state index in [1.54, 1.807) is 0 Å². The van der Waals surface area contributed by atoms with Gasteiger partial charge in [-0.3, -0.25) is 9.80 Å². The molecule has 3 nitrogen and oxygen atoms in total. The van der Waals surface area contributed by atoms with Crippen LogP contribution >= 0.6 is 0 Å². The molecular formula is C17H31N3. The van der Waals surface area contributed by atoms with Crippen molar-refractivity contribution in [2.75, 3.05) is 19.6 Å². The van der Waals surface area contributed by atoms with Gasteiger partial charge >= 0.3 is 0 Å². The molecule has 0 aliphatic carbocycles. The van der Waals surface area contributed by atoms with Gasteiger partial charge in [-0.1, -0.05) is 6.92 Å². The van der Waals surface area contributed by atoms with E-state index in [0.717, 1.165) is 30.2 Å². The van der Waals surface area contributed by atoms with Gasteiger partial charge in [-0.25, -0.2) is 0 Å². The average molecular weight is 277 g/mol. The highest BCUT2D eigenvalue weighted by Crippen LogP contribution is 2.36. The lowest BCUT2D eigenvalue weighted by Gasteiger charge is -2.42. The molecule has 0 spiro atoms. The van der Waals surface area contributed by atoms with E-state index < -0.39 is 0 Å². The van der Waals surface area contributed by atoms with Crippen molar-refractivity contribution >= 4 is 0 Å². The zero-order chi connectivity index (χ0) is 13.5. The molecule has 2 bridgehead atoms. The summed E-state index contributed by atoms with van der Waals surface area (Å²) in [4.78, 5) is 5.74. The van der Waals surface area contributed by atoms with Gasteiger partial charge < -0.3 is 5.32 Å². The van der Waals surface area contributed by atoms with Crippen LogP contribution in [0, 0.1) is 0 Å². The fourth-order valence-corrected chi connectivity index (χ4v) is 5.62. The number of hydrogen-bond acceptors (Lipinski definition) is 3. The molecular weight excluding hydrogens is 246 g/mol. The van der Waals surface area contributed by atoms with E-state index in [-0.39, 0.29) is 0 Å². The number of rotatable bonds is 4. The van der Waals surface area contributed by atoms with Crippen LogP contribution in [0.1, 0.15) is 58.3 Å². The SMILES string of the molecule is CCCN(C1CC2CCC(C1)N2)C1CCN2CCCC12. The second-order valence-electron chi connectivity index (χ2n) is 7.60. The van der Waals surface area contributed by atoms with Gasteiger partial charge in [0.25, 0.3) is 0 Å². The largest absolute Gasteiger partial charge is 0.311 e. The van der Waals surface area contributed by atoms with Gasteiger partial charge in [0, 0.05) is 36.8 Å². The van der Waals surface area contributed by atoms with Crippen LogP contribution in [-0.2, 0) is 0 Å². The molecule has 1 N–H and O–H groups in total. The first-order valence-electron chi connectivity index (χ1n) is 9.11. The molecule has 0 aromatic rings. The van der Waals surface area contributed by atoms with Crippen molar-refractivity contribution in [3.05, 3.63) is 0 Å². The molecule has 4 rings (SSSR count). The predicted molar refractivity (Wildman–Crippen MR) is 83.0 cm³/mol. The fourth-order valence-electron chi connectivity index (χ4n) is 5.62. The molecule has 0 radical (unpaired) electrons. The zero-order valence-electron chi connectivity index (χ0n) is 13.1. The van der Waals surface area contributed by atoms with Gasteiger partial charge in [-0.15, -0.1) is 0 Å². The van der Waals surface area contributed by atoms with E-state index in [1.807, 2.05) is 0 Å². The molecule has 20 heavy (non-hydrogen) atoms. The van der Waals surface area contributed by atoms with Gasteiger partial charge in [0.1, 0.15) is 0 Å². The Kier molecular flexibility index (Phi) is 3.78. The Morgan fingerprint density at radius 1 is 1.05 bits per heavy atom. The van der Waals surface area contributed by atoms with E-state index in [1.165, 1.54) is 71.0 Å². The van der Waals surface area contributed by atoms with E-state index in [2.05, 4.69) is 22.0 Å².